The third-order valence-corrected chi connectivity index (χ3v) is 10.3. The maximum absolute atomic E-state index is 12.1. The first-order valence-electron chi connectivity index (χ1n) is 21.0. The number of carbonyl (C=O) groups is 2. The van der Waals surface area contributed by atoms with Crippen molar-refractivity contribution in [3.05, 3.63) is 0 Å². The van der Waals surface area contributed by atoms with Crippen LogP contribution < -0.4 is 5.32 Å². The molecule has 0 aliphatic rings. The molecule has 50 heavy (non-hydrogen) atoms. The molecule has 0 radical (unpaired) electrons. The fraction of sp³-hybridized carbons (Fsp3) is 0.950. The van der Waals surface area contributed by atoms with Gasteiger partial charge < -0.3 is 20.1 Å². The van der Waals surface area contributed by atoms with Crippen molar-refractivity contribution in [3.63, 3.8) is 0 Å². The van der Waals surface area contributed by atoms with Crippen molar-refractivity contribution in [2.45, 2.75) is 219 Å². The number of aliphatic hydroxyl groups is 1. The molecule has 0 aromatic carbocycles. The van der Waals surface area contributed by atoms with Crippen molar-refractivity contribution in [2.75, 3.05) is 26.4 Å². The van der Waals surface area contributed by atoms with Crippen LogP contribution >= 0.6 is 7.82 Å². The van der Waals surface area contributed by atoms with E-state index < -0.39 is 26.5 Å². The summed E-state index contributed by atoms with van der Waals surface area (Å²) >= 11 is 0. The van der Waals surface area contributed by atoms with E-state index in [9.17, 15) is 24.2 Å². The number of phosphoric ester groups is 1. The molecule has 3 N–H and O–H groups in total. The van der Waals surface area contributed by atoms with Crippen LogP contribution in [-0.2, 0) is 27.9 Å². The van der Waals surface area contributed by atoms with Gasteiger partial charge in [-0.05, 0) is 12.8 Å². The van der Waals surface area contributed by atoms with Crippen LogP contribution in [0.25, 0.3) is 0 Å². The van der Waals surface area contributed by atoms with Gasteiger partial charge in [0.05, 0.1) is 13.2 Å². The Labute approximate surface area is 307 Å². The van der Waals surface area contributed by atoms with E-state index in [1.807, 2.05) is 0 Å². The Morgan fingerprint density at radius 1 is 0.540 bits per heavy atom. The number of nitrogens with one attached hydrogen (secondary N) is 1. The minimum absolute atomic E-state index is 0.0883. The van der Waals surface area contributed by atoms with Crippen LogP contribution in [0.4, 0.5) is 0 Å². The number of carbonyl (C=O) groups excluding carboxylic acids is 2. The fourth-order valence-corrected chi connectivity index (χ4v) is 6.84. The molecule has 0 aromatic heterocycles. The fourth-order valence-electron chi connectivity index (χ4n) is 6.09. The summed E-state index contributed by atoms with van der Waals surface area (Å²) in [5, 5.41) is 12.7. The Bertz CT molecular complexity index is 799. The number of ether oxygens (including phenoxy) is 1. The van der Waals surface area contributed by atoms with E-state index >= 15 is 0 Å². The van der Waals surface area contributed by atoms with Crippen molar-refractivity contribution in [2.24, 2.45) is 0 Å². The second-order valence-corrected chi connectivity index (χ2v) is 15.8. The van der Waals surface area contributed by atoms with Crippen LogP contribution in [0.5, 0.6) is 0 Å². The van der Waals surface area contributed by atoms with Gasteiger partial charge in [-0.3, -0.25) is 18.6 Å². The summed E-state index contributed by atoms with van der Waals surface area (Å²) in [6.45, 7) is 3.57. The Balaban J connectivity index is 3.54. The minimum atomic E-state index is -4.40. The number of aliphatic hydroxyl groups excluding tert-OH is 1. The lowest BCUT2D eigenvalue weighted by atomic mass is 10.0. The Morgan fingerprint density at radius 2 is 0.900 bits per heavy atom. The first-order chi connectivity index (χ1) is 24.3. The van der Waals surface area contributed by atoms with Gasteiger partial charge in [0.1, 0.15) is 12.7 Å². The highest BCUT2D eigenvalue weighted by Gasteiger charge is 2.23. The standard InChI is InChI=1S/C40H80NO8P/c1-3-5-7-9-11-13-15-16-17-18-19-20-21-23-24-26-28-30-32-39(43)41-34-35-48-50(45,46)49-37-38(42)36-47-40(44)33-31-29-27-25-22-14-12-10-8-6-4-2/h38,42H,3-37H2,1-2H3,(H,41,43)(H,45,46). The lowest BCUT2D eigenvalue weighted by molar-refractivity contribution is -0.147. The van der Waals surface area contributed by atoms with Gasteiger partial charge in [-0.1, -0.05) is 187 Å². The van der Waals surface area contributed by atoms with Crippen molar-refractivity contribution in [1.29, 1.82) is 0 Å². The zero-order chi connectivity index (χ0) is 36.8. The van der Waals surface area contributed by atoms with Crippen LogP contribution in [-0.4, -0.2) is 54.3 Å². The van der Waals surface area contributed by atoms with Gasteiger partial charge in [-0.15, -0.1) is 0 Å². The van der Waals surface area contributed by atoms with E-state index in [1.54, 1.807) is 0 Å². The number of phosphoric acid groups is 1. The predicted octanol–water partition coefficient (Wildman–Crippen LogP) is 11.3. The summed E-state index contributed by atoms with van der Waals surface area (Å²) in [6, 6.07) is 0. The molecule has 0 aromatic rings. The van der Waals surface area contributed by atoms with Gasteiger partial charge in [0.25, 0.3) is 0 Å². The Morgan fingerprint density at radius 3 is 1.30 bits per heavy atom. The summed E-state index contributed by atoms with van der Waals surface area (Å²) in [4.78, 5) is 33.8. The van der Waals surface area contributed by atoms with Gasteiger partial charge in [-0.2, -0.15) is 0 Å². The number of rotatable bonds is 40. The van der Waals surface area contributed by atoms with Crippen LogP contribution in [0.15, 0.2) is 0 Å². The number of hydrogen-bond donors (Lipinski definition) is 3. The molecule has 1 amide bonds. The van der Waals surface area contributed by atoms with Gasteiger partial charge in [0.15, 0.2) is 0 Å². The van der Waals surface area contributed by atoms with Gasteiger partial charge in [-0.25, -0.2) is 4.57 Å². The van der Waals surface area contributed by atoms with Crippen LogP contribution in [0.3, 0.4) is 0 Å². The van der Waals surface area contributed by atoms with Gasteiger partial charge >= 0.3 is 13.8 Å². The molecule has 10 heteroatoms. The van der Waals surface area contributed by atoms with Crippen LogP contribution in [0.2, 0.25) is 0 Å². The summed E-state index contributed by atoms with van der Waals surface area (Å²) in [5.74, 6) is -0.506. The largest absolute Gasteiger partial charge is 0.472 e. The molecule has 0 fully saturated rings. The molecule has 0 rings (SSSR count). The quantitative estimate of drug-likeness (QED) is 0.0322. The summed E-state index contributed by atoms with van der Waals surface area (Å²) < 4.78 is 26.8. The molecular weight excluding hydrogens is 653 g/mol. The normalized spacial score (nSPS) is 13.3. The summed E-state index contributed by atoms with van der Waals surface area (Å²) in [6.07, 6.45) is 36.1. The molecule has 0 heterocycles. The van der Waals surface area contributed by atoms with E-state index in [-0.39, 0.29) is 32.1 Å². The molecule has 0 saturated heterocycles. The van der Waals surface area contributed by atoms with E-state index in [0.717, 1.165) is 38.5 Å². The van der Waals surface area contributed by atoms with Crippen molar-refractivity contribution in [3.8, 4) is 0 Å². The summed E-state index contributed by atoms with van der Waals surface area (Å²) in [5.41, 5.74) is 0. The second kappa shape index (κ2) is 37.8. The highest BCUT2D eigenvalue weighted by Crippen LogP contribution is 2.42. The molecule has 0 spiro atoms. The molecule has 0 bridgehead atoms. The average molecular weight is 734 g/mol. The van der Waals surface area contributed by atoms with Gasteiger partial charge in [0.2, 0.25) is 5.91 Å². The minimum Gasteiger partial charge on any atom is -0.463 e. The predicted molar refractivity (Wildman–Crippen MR) is 206 cm³/mol. The van der Waals surface area contributed by atoms with E-state index in [0.29, 0.717) is 6.42 Å². The van der Waals surface area contributed by atoms with Crippen molar-refractivity contribution in [1.82, 2.24) is 5.32 Å². The SMILES string of the molecule is CCCCCCCCCCCCCCCCCCCCC(=O)NCCOP(=O)(O)OCC(O)COC(=O)CCCCCCCCCCCCC. The molecule has 298 valence electrons. The highest BCUT2D eigenvalue weighted by atomic mass is 31.2. The van der Waals surface area contributed by atoms with E-state index in [4.69, 9.17) is 13.8 Å². The topological polar surface area (TPSA) is 131 Å². The molecule has 2 atom stereocenters. The smallest absolute Gasteiger partial charge is 0.463 e. The molecule has 2 unspecified atom stereocenters. The molecular formula is C40H80NO8P. The number of hydrogen-bond acceptors (Lipinski definition) is 7. The van der Waals surface area contributed by atoms with Crippen molar-refractivity contribution < 1.29 is 37.9 Å². The maximum Gasteiger partial charge on any atom is 0.472 e. The lowest BCUT2D eigenvalue weighted by Gasteiger charge is -2.15. The zero-order valence-corrected chi connectivity index (χ0v) is 33.5. The third kappa shape index (κ3) is 38.2. The first kappa shape index (κ1) is 49.0. The van der Waals surface area contributed by atoms with E-state index in [1.165, 1.54) is 148 Å². The van der Waals surface area contributed by atoms with Crippen LogP contribution in [0.1, 0.15) is 213 Å². The average Bonchev–Trinajstić information content (AvgIpc) is 3.10. The number of esters is 1. The lowest BCUT2D eigenvalue weighted by Crippen LogP contribution is -2.27. The van der Waals surface area contributed by atoms with Crippen molar-refractivity contribution >= 4 is 19.7 Å². The Hall–Kier alpha value is -0.990. The van der Waals surface area contributed by atoms with Crippen LogP contribution in [0, 0.1) is 0 Å². The highest BCUT2D eigenvalue weighted by molar-refractivity contribution is 7.47. The monoisotopic (exact) mass is 734 g/mol. The first-order valence-corrected chi connectivity index (χ1v) is 22.5. The molecule has 0 aliphatic carbocycles. The van der Waals surface area contributed by atoms with Gasteiger partial charge in [0, 0.05) is 19.4 Å². The number of amides is 1. The zero-order valence-electron chi connectivity index (χ0n) is 32.6. The molecule has 0 saturated carbocycles. The number of unbranched alkanes of at least 4 members (excludes halogenated alkanes) is 27. The maximum atomic E-state index is 12.1. The molecule has 0 aliphatic heterocycles. The van der Waals surface area contributed by atoms with E-state index in [2.05, 4.69) is 19.2 Å². The second-order valence-electron chi connectivity index (χ2n) is 14.3. The molecule has 9 nitrogen and oxygen atoms in total. The third-order valence-electron chi connectivity index (χ3n) is 9.29. The Kier molecular flexibility index (Phi) is 37.0. The summed E-state index contributed by atoms with van der Waals surface area (Å²) in [7, 11) is -4.40.